The van der Waals surface area contributed by atoms with E-state index < -0.39 is 0 Å². The maximum absolute atomic E-state index is 12.9. The van der Waals surface area contributed by atoms with E-state index in [1.165, 1.54) is 19.3 Å². The average molecular weight is 292 g/mol. The van der Waals surface area contributed by atoms with Crippen LogP contribution in [0, 0.1) is 5.92 Å². The van der Waals surface area contributed by atoms with E-state index >= 15 is 0 Å². The number of carbonyl (C=O) groups is 2. The van der Waals surface area contributed by atoms with Gasteiger partial charge in [0.25, 0.3) is 0 Å². The van der Waals surface area contributed by atoms with Gasteiger partial charge in [0.05, 0.1) is 0 Å². The maximum atomic E-state index is 12.9. The van der Waals surface area contributed by atoms with Crippen LogP contribution < -0.4 is 0 Å². The molecule has 2 heterocycles. The van der Waals surface area contributed by atoms with Crippen molar-refractivity contribution in [3.8, 4) is 0 Å². The van der Waals surface area contributed by atoms with Crippen LogP contribution >= 0.6 is 0 Å². The van der Waals surface area contributed by atoms with Crippen molar-refractivity contribution in [3.05, 3.63) is 0 Å². The van der Waals surface area contributed by atoms with Gasteiger partial charge >= 0.3 is 0 Å². The Hall–Kier alpha value is -1.06. The zero-order valence-electron chi connectivity index (χ0n) is 13.4. The topological polar surface area (TPSA) is 40.6 Å². The third-order valence-electron chi connectivity index (χ3n) is 5.81. The summed E-state index contributed by atoms with van der Waals surface area (Å²) in [5.41, 5.74) is 0. The molecule has 0 bridgehead atoms. The van der Waals surface area contributed by atoms with Crippen molar-refractivity contribution in [2.45, 2.75) is 83.3 Å². The minimum atomic E-state index is -0.201. The lowest BCUT2D eigenvalue weighted by Gasteiger charge is -2.47. The summed E-state index contributed by atoms with van der Waals surface area (Å²) in [4.78, 5) is 29.5. The molecule has 2 amide bonds. The highest BCUT2D eigenvalue weighted by Crippen LogP contribution is 2.36. The van der Waals surface area contributed by atoms with Gasteiger partial charge in [-0.05, 0) is 38.0 Å². The predicted molar refractivity (Wildman–Crippen MR) is 81.7 cm³/mol. The summed E-state index contributed by atoms with van der Waals surface area (Å²) in [6, 6.07) is -0.0531. The summed E-state index contributed by atoms with van der Waals surface area (Å²) in [6.07, 6.45) is 8.45. The standard InChI is InChI=1S/C17H28N2O2/c1-3-12-7-5-8-13(11-12)19-14(4-2)16(20)18-10-6-9-15(18)17(19)21/h12-15H,3-11H2,1-2H3. The Morgan fingerprint density at radius 3 is 2.52 bits per heavy atom. The molecule has 4 atom stereocenters. The molecule has 0 spiro atoms. The lowest BCUT2D eigenvalue weighted by Crippen LogP contribution is -2.65. The van der Waals surface area contributed by atoms with Crippen LogP contribution in [0.2, 0.25) is 0 Å². The zero-order chi connectivity index (χ0) is 15.0. The first kappa shape index (κ1) is 14.9. The van der Waals surface area contributed by atoms with Crippen LogP contribution in [0.25, 0.3) is 0 Å². The SMILES string of the molecule is CCC1CCCC(N2C(=O)C3CCCN3C(=O)C2CC)C1. The van der Waals surface area contributed by atoms with Crippen LogP contribution in [-0.2, 0) is 9.59 Å². The van der Waals surface area contributed by atoms with Crippen molar-refractivity contribution in [2.75, 3.05) is 6.54 Å². The lowest BCUT2D eigenvalue weighted by atomic mass is 9.82. The van der Waals surface area contributed by atoms with E-state index in [4.69, 9.17) is 0 Å². The summed E-state index contributed by atoms with van der Waals surface area (Å²) in [7, 11) is 0. The molecule has 0 N–H and O–H groups in total. The molecule has 21 heavy (non-hydrogen) atoms. The smallest absolute Gasteiger partial charge is 0.246 e. The van der Waals surface area contributed by atoms with Gasteiger partial charge in [-0.15, -0.1) is 0 Å². The first-order chi connectivity index (χ1) is 10.2. The quantitative estimate of drug-likeness (QED) is 0.802. The normalized spacial score (nSPS) is 37.0. The van der Waals surface area contributed by atoms with E-state index in [2.05, 4.69) is 6.92 Å². The second-order valence-corrected chi connectivity index (χ2v) is 6.95. The molecule has 0 radical (unpaired) electrons. The predicted octanol–water partition coefficient (Wildman–Crippen LogP) is 2.57. The van der Waals surface area contributed by atoms with Gasteiger partial charge in [0.1, 0.15) is 12.1 Å². The van der Waals surface area contributed by atoms with E-state index in [1.807, 2.05) is 16.7 Å². The van der Waals surface area contributed by atoms with Gasteiger partial charge in [0.2, 0.25) is 11.8 Å². The van der Waals surface area contributed by atoms with E-state index in [0.29, 0.717) is 6.04 Å². The summed E-state index contributed by atoms with van der Waals surface area (Å²) in [5.74, 6) is 1.17. The number of nitrogens with zero attached hydrogens (tertiary/aromatic N) is 2. The molecule has 4 nitrogen and oxygen atoms in total. The van der Waals surface area contributed by atoms with Crippen molar-refractivity contribution in [2.24, 2.45) is 5.92 Å². The van der Waals surface area contributed by atoms with Crippen LogP contribution in [0.4, 0.5) is 0 Å². The third kappa shape index (κ3) is 2.47. The molecule has 3 fully saturated rings. The van der Waals surface area contributed by atoms with Crippen molar-refractivity contribution in [1.29, 1.82) is 0 Å². The Morgan fingerprint density at radius 1 is 1.00 bits per heavy atom. The van der Waals surface area contributed by atoms with Crippen molar-refractivity contribution in [3.63, 3.8) is 0 Å². The maximum Gasteiger partial charge on any atom is 0.246 e. The molecular weight excluding hydrogens is 264 g/mol. The Balaban J connectivity index is 1.84. The van der Waals surface area contributed by atoms with Crippen LogP contribution in [0.15, 0.2) is 0 Å². The van der Waals surface area contributed by atoms with Crippen LogP contribution in [0.5, 0.6) is 0 Å². The van der Waals surface area contributed by atoms with E-state index in [-0.39, 0.29) is 23.9 Å². The molecule has 4 unspecified atom stereocenters. The van der Waals surface area contributed by atoms with E-state index in [1.54, 1.807) is 0 Å². The fraction of sp³-hybridized carbons (Fsp3) is 0.882. The Kier molecular flexibility index (Phi) is 4.23. The molecule has 0 aromatic carbocycles. The number of hydrogen-bond donors (Lipinski definition) is 0. The monoisotopic (exact) mass is 292 g/mol. The van der Waals surface area contributed by atoms with Crippen molar-refractivity contribution in [1.82, 2.24) is 9.80 Å². The van der Waals surface area contributed by atoms with Gasteiger partial charge in [-0.3, -0.25) is 9.59 Å². The molecule has 2 saturated heterocycles. The lowest BCUT2D eigenvalue weighted by molar-refractivity contribution is -0.163. The molecule has 1 aliphatic carbocycles. The van der Waals surface area contributed by atoms with E-state index in [0.717, 1.165) is 44.6 Å². The Bertz CT molecular complexity index is 423. The Labute approximate surface area is 127 Å². The molecule has 4 heteroatoms. The molecule has 3 aliphatic rings. The second-order valence-electron chi connectivity index (χ2n) is 6.95. The fourth-order valence-electron chi connectivity index (χ4n) is 4.62. The van der Waals surface area contributed by atoms with Crippen LogP contribution in [0.3, 0.4) is 0 Å². The third-order valence-corrected chi connectivity index (χ3v) is 5.81. The number of amides is 2. The van der Waals surface area contributed by atoms with Gasteiger partial charge in [-0.25, -0.2) is 0 Å². The Morgan fingerprint density at radius 2 is 1.81 bits per heavy atom. The zero-order valence-corrected chi connectivity index (χ0v) is 13.4. The summed E-state index contributed by atoms with van der Waals surface area (Å²) in [5, 5.41) is 0. The van der Waals surface area contributed by atoms with Gasteiger partial charge in [0.15, 0.2) is 0 Å². The van der Waals surface area contributed by atoms with E-state index in [9.17, 15) is 9.59 Å². The molecule has 2 aliphatic heterocycles. The van der Waals surface area contributed by atoms with Gasteiger partial charge in [-0.1, -0.05) is 33.1 Å². The first-order valence-corrected chi connectivity index (χ1v) is 8.80. The van der Waals surface area contributed by atoms with Gasteiger partial charge in [-0.2, -0.15) is 0 Å². The summed E-state index contributed by atoms with van der Waals surface area (Å²) < 4.78 is 0. The van der Waals surface area contributed by atoms with Crippen LogP contribution in [-0.4, -0.2) is 46.3 Å². The van der Waals surface area contributed by atoms with Crippen molar-refractivity contribution < 1.29 is 9.59 Å². The number of hydrogen-bond acceptors (Lipinski definition) is 2. The highest BCUT2D eigenvalue weighted by Gasteiger charge is 2.49. The average Bonchev–Trinajstić information content (AvgIpc) is 3.00. The molecule has 3 rings (SSSR count). The highest BCUT2D eigenvalue weighted by atomic mass is 16.2. The second kappa shape index (κ2) is 5.98. The van der Waals surface area contributed by atoms with Gasteiger partial charge < -0.3 is 9.80 Å². The number of carbonyl (C=O) groups excluding carboxylic acids is 2. The summed E-state index contributed by atoms with van der Waals surface area (Å²) in [6.45, 7) is 5.06. The minimum Gasteiger partial charge on any atom is -0.329 e. The molecular formula is C17H28N2O2. The number of rotatable bonds is 3. The first-order valence-electron chi connectivity index (χ1n) is 8.80. The molecule has 0 aromatic rings. The molecule has 0 aromatic heterocycles. The van der Waals surface area contributed by atoms with Crippen LogP contribution in [0.1, 0.15) is 65.2 Å². The van der Waals surface area contributed by atoms with Crippen molar-refractivity contribution >= 4 is 11.8 Å². The molecule has 118 valence electrons. The largest absolute Gasteiger partial charge is 0.329 e. The number of piperazine rings is 1. The number of fused-ring (bicyclic) bond motifs is 1. The highest BCUT2D eigenvalue weighted by molar-refractivity contribution is 5.97. The van der Waals surface area contributed by atoms with Gasteiger partial charge in [0, 0.05) is 12.6 Å². The summed E-state index contributed by atoms with van der Waals surface area (Å²) >= 11 is 0. The minimum absolute atomic E-state index is 0.151. The molecule has 1 saturated carbocycles. The fourth-order valence-corrected chi connectivity index (χ4v) is 4.62.